The Balaban J connectivity index is 2.11. The fraction of sp³-hybridized carbons (Fsp3) is 0.688. The second-order valence-corrected chi connectivity index (χ2v) is 6.89. The van der Waals surface area contributed by atoms with Gasteiger partial charge in [-0.3, -0.25) is 9.59 Å². The van der Waals surface area contributed by atoms with Gasteiger partial charge < -0.3 is 14.7 Å². The SMILES string of the molecule is CCCc1nc(C)c(C(=O)N(CCC(=O)O)CC2CCCO2)s1. The number of thiazole rings is 1. The number of nitrogens with zero attached hydrogens (tertiary/aromatic N) is 2. The summed E-state index contributed by atoms with van der Waals surface area (Å²) in [7, 11) is 0. The number of aliphatic carboxylic acids is 1. The molecule has 6 nitrogen and oxygen atoms in total. The lowest BCUT2D eigenvalue weighted by molar-refractivity contribution is -0.137. The van der Waals surface area contributed by atoms with Crippen LogP contribution in [0.1, 0.15) is 53.0 Å². The number of carbonyl (C=O) groups is 2. The average Bonchev–Trinajstić information content (AvgIpc) is 3.12. The van der Waals surface area contributed by atoms with Gasteiger partial charge >= 0.3 is 5.97 Å². The lowest BCUT2D eigenvalue weighted by atomic mass is 10.2. The van der Waals surface area contributed by atoms with Crippen LogP contribution in [0.4, 0.5) is 0 Å². The number of aromatic nitrogens is 1. The zero-order valence-corrected chi connectivity index (χ0v) is 14.5. The van der Waals surface area contributed by atoms with E-state index in [0.717, 1.165) is 36.4 Å². The van der Waals surface area contributed by atoms with Gasteiger partial charge in [-0.05, 0) is 32.6 Å². The van der Waals surface area contributed by atoms with Gasteiger partial charge in [0.15, 0.2) is 0 Å². The molecule has 2 rings (SSSR count). The summed E-state index contributed by atoms with van der Waals surface area (Å²) in [5.74, 6) is -1.03. The number of rotatable bonds is 8. The Hall–Kier alpha value is -1.47. The van der Waals surface area contributed by atoms with Gasteiger partial charge in [0.25, 0.3) is 5.91 Å². The van der Waals surface area contributed by atoms with Gasteiger partial charge in [0, 0.05) is 19.7 Å². The summed E-state index contributed by atoms with van der Waals surface area (Å²) in [5.41, 5.74) is 0.733. The third-order valence-corrected chi connectivity index (χ3v) is 5.03. The minimum Gasteiger partial charge on any atom is -0.481 e. The highest BCUT2D eigenvalue weighted by Crippen LogP contribution is 2.23. The van der Waals surface area contributed by atoms with Crippen LogP contribution < -0.4 is 0 Å². The Morgan fingerprint density at radius 1 is 1.48 bits per heavy atom. The monoisotopic (exact) mass is 340 g/mol. The van der Waals surface area contributed by atoms with Crippen LogP contribution in [0.3, 0.4) is 0 Å². The van der Waals surface area contributed by atoms with E-state index in [1.54, 1.807) is 4.90 Å². The summed E-state index contributed by atoms with van der Waals surface area (Å²) in [6.45, 7) is 5.28. The van der Waals surface area contributed by atoms with Crippen molar-refractivity contribution in [3.63, 3.8) is 0 Å². The van der Waals surface area contributed by atoms with E-state index in [9.17, 15) is 9.59 Å². The van der Waals surface area contributed by atoms with Gasteiger partial charge in [-0.15, -0.1) is 11.3 Å². The van der Waals surface area contributed by atoms with E-state index in [0.29, 0.717) is 18.0 Å². The fourth-order valence-corrected chi connectivity index (χ4v) is 3.79. The predicted molar refractivity (Wildman–Crippen MR) is 88.0 cm³/mol. The molecule has 1 atom stereocenters. The van der Waals surface area contributed by atoms with Crippen molar-refractivity contribution in [2.75, 3.05) is 19.7 Å². The number of ether oxygens (including phenoxy) is 1. The summed E-state index contributed by atoms with van der Waals surface area (Å²) in [6.07, 6.45) is 3.71. The lowest BCUT2D eigenvalue weighted by Gasteiger charge is -2.24. The Bertz CT molecular complexity index is 552. The standard InChI is InChI=1S/C16H24N2O4S/c1-3-5-13-17-11(2)15(23-13)16(21)18(8-7-14(19)20)10-12-6-4-9-22-12/h12H,3-10H2,1-2H3,(H,19,20). The molecule has 1 saturated heterocycles. The first-order valence-corrected chi connectivity index (χ1v) is 8.91. The fourth-order valence-electron chi connectivity index (χ4n) is 2.66. The topological polar surface area (TPSA) is 79.7 Å². The van der Waals surface area contributed by atoms with Gasteiger partial charge in [0.05, 0.1) is 23.2 Å². The number of carbonyl (C=O) groups excluding carboxylic acids is 1. The van der Waals surface area contributed by atoms with Crippen molar-refractivity contribution in [1.29, 1.82) is 0 Å². The quantitative estimate of drug-likeness (QED) is 0.786. The van der Waals surface area contributed by atoms with Crippen LogP contribution in [0.25, 0.3) is 0 Å². The average molecular weight is 340 g/mol. The molecule has 2 heterocycles. The first kappa shape index (κ1) is 17.9. The molecular weight excluding hydrogens is 316 g/mol. The molecule has 0 spiro atoms. The number of carboxylic acid groups (broad SMARTS) is 1. The van der Waals surface area contributed by atoms with Gasteiger partial charge in [-0.1, -0.05) is 6.92 Å². The zero-order chi connectivity index (χ0) is 16.8. The molecule has 0 saturated carbocycles. The third kappa shape index (κ3) is 5.00. The maximum Gasteiger partial charge on any atom is 0.305 e. The van der Waals surface area contributed by atoms with Crippen molar-refractivity contribution in [1.82, 2.24) is 9.88 Å². The van der Waals surface area contributed by atoms with Crippen LogP contribution in [0.2, 0.25) is 0 Å². The van der Waals surface area contributed by atoms with Gasteiger partial charge in [0.1, 0.15) is 4.88 Å². The highest BCUT2D eigenvalue weighted by molar-refractivity contribution is 7.13. The molecule has 1 aliphatic heterocycles. The second kappa shape index (κ2) is 8.40. The molecule has 23 heavy (non-hydrogen) atoms. The number of amides is 1. The van der Waals surface area contributed by atoms with E-state index < -0.39 is 5.97 Å². The van der Waals surface area contributed by atoms with E-state index in [1.807, 2.05) is 6.92 Å². The van der Waals surface area contributed by atoms with Gasteiger partial charge in [-0.2, -0.15) is 0 Å². The van der Waals surface area contributed by atoms with Crippen molar-refractivity contribution >= 4 is 23.2 Å². The number of aryl methyl sites for hydroxylation is 2. The molecule has 1 fully saturated rings. The van der Waals surface area contributed by atoms with Gasteiger partial charge in [-0.25, -0.2) is 4.98 Å². The van der Waals surface area contributed by atoms with Crippen molar-refractivity contribution < 1.29 is 19.4 Å². The normalized spacial score (nSPS) is 17.4. The first-order chi connectivity index (χ1) is 11.0. The molecule has 1 aliphatic rings. The van der Waals surface area contributed by atoms with Crippen LogP contribution in [-0.4, -0.2) is 52.7 Å². The minimum atomic E-state index is -0.900. The minimum absolute atomic E-state index is 0.0103. The largest absolute Gasteiger partial charge is 0.481 e. The predicted octanol–water partition coefficient (Wildman–Crippen LogP) is 2.50. The summed E-state index contributed by atoms with van der Waals surface area (Å²) in [4.78, 5) is 30.4. The number of hydrogen-bond acceptors (Lipinski definition) is 5. The number of hydrogen-bond donors (Lipinski definition) is 1. The van der Waals surface area contributed by atoms with E-state index in [4.69, 9.17) is 9.84 Å². The van der Waals surface area contributed by atoms with Crippen molar-refractivity contribution in [3.05, 3.63) is 15.6 Å². The van der Waals surface area contributed by atoms with E-state index in [-0.39, 0.29) is 25.0 Å². The molecule has 0 aromatic carbocycles. The second-order valence-electron chi connectivity index (χ2n) is 5.80. The van der Waals surface area contributed by atoms with E-state index in [2.05, 4.69) is 11.9 Å². The Labute approximate surface area is 140 Å². The van der Waals surface area contributed by atoms with Crippen molar-refractivity contribution in [3.8, 4) is 0 Å². The zero-order valence-electron chi connectivity index (χ0n) is 13.7. The molecule has 7 heteroatoms. The summed E-state index contributed by atoms with van der Waals surface area (Å²) >= 11 is 1.42. The van der Waals surface area contributed by atoms with E-state index >= 15 is 0 Å². The molecule has 0 aliphatic carbocycles. The van der Waals surface area contributed by atoms with Crippen molar-refractivity contribution in [2.45, 2.75) is 52.1 Å². The molecule has 1 aromatic rings. The molecule has 1 N–H and O–H groups in total. The van der Waals surface area contributed by atoms with Crippen LogP contribution in [0.5, 0.6) is 0 Å². The first-order valence-electron chi connectivity index (χ1n) is 8.10. The van der Waals surface area contributed by atoms with Crippen LogP contribution >= 0.6 is 11.3 Å². The highest BCUT2D eigenvalue weighted by Gasteiger charge is 2.26. The maximum atomic E-state index is 12.8. The number of carboxylic acids is 1. The molecule has 0 radical (unpaired) electrons. The Morgan fingerprint density at radius 3 is 2.87 bits per heavy atom. The molecule has 1 aromatic heterocycles. The molecule has 1 unspecified atom stereocenters. The molecule has 1 amide bonds. The Morgan fingerprint density at radius 2 is 2.26 bits per heavy atom. The van der Waals surface area contributed by atoms with E-state index in [1.165, 1.54) is 11.3 Å². The summed E-state index contributed by atoms with van der Waals surface area (Å²) < 4.78 is 5.60. The van der Waals surface area contributed by atoms with Gasteiger partial charge in [0.2, 0.25) is 0 Å². The summed E-state index contributed by atoms with van der Waals surface area (Å²) in [6, 6.07) is 0. The maximum absolute atomic E-state index is 12.8. The van der Waals surface area contributed by atoms with Crippen LogP contribution in [0, 0.1) is 6.92 Å². The van der Waals surface area contributed by atoms with Crippen LogP contribution in [0.15, 0.2) is 0 Å². The highest BCUT2D eigenvalue weighted by atomic mass is 32.1. The summed E-state index contributed by atoms with van der Waals surface area (Å²) in [5, 5.41) is 9.89. The smallest absolute Gasteiger partial charge is 0.305 e. The van der Waals surface area contributed by atoms with Crippen molar-refractivity contribution in [2.24, 2.45) is 0 Å². The Kier molecular flexibility index (Phi) is 6.53. The molecule has 128 valence electrons. The van der Waals surface area contributed by atoms with Crippen LogP contribution in [-0.2, 0) is 16.0 Å². The lowest BCUT2D eigenvalue weighted by Crippen LogP contribution is -2.38. The molecule has 0 bridgehead atoms. The third-order valence-electron chi connectivity index (χ3n) is 3.83. The molecular formula is C16H24N2O4S.